The molecule has 0 radical (unpaired) electrons. The molecule has 1 N–H and O–H groups in total. The summed E-state index contributed by atoms with van der Waals surface area (Å²) in [6.07, 6.45) is 0. The highest BCUT2D eigenvalue weighted by Crippen LogP contribution is 2.26. The first-order valence-corrected chi connectivity index (χ1v) is 9.92. The third-order valence-corrected chi connectivity index (χ3v) is 5.34. The molecule has 2 aromatic heterocycles. The zero-order valence-corrected chi connectivity index (χ0v) is 17.5. The van der Waals surface area contributed by atoms with Gasteiger partial charge in [-0.3, -0.25) is 14.8 Å². The molecule has 0 saturated carbocycles. The highest BCUT2D eigenvalue weighted by atomic mass is 16.5. The van der Waals surface area contributed by atoms with Crippen LogP contribution >= 0.6 is 0 Å². The topological polar surface area (TPSA) is 83.8 Å². The largest absolute Gasteiger partial charge is 0.497 e. The predicted octanol–water partition coefficient (Wildman–Crippen LogP) is 2.95. The van der Waals surface area contributed by atoms with Gasteiger partial charge in [-0.15, -0.1) is 0 Å². The first kappa shape index (κ1) is 20.0. The standard InChI is InChI=1S/C22H26N4O4/c1-15-4-6-21(30-15)18-13-19(24-23-18)22(27)26-10-8-25(9-11-26)14-16-12-17(28-2)5-7-20(16)29-3/h4-7,12-13H,8-11,14H2,1-3H3,(H,23,24). The summed E-state index contributed by atoms with van der Waals surface area (Å²) in [4.78, 5) is 17.0. The Morgan fingerprint density at radius 2 is 1.90 bits per heavy atom. The van der Waals surface area contributed by atoms with Crippen LogP contribution in [0.15, 0.2) is 40.8 Å². The monoisotopic (exact) mass is 410 g/mol. The van der Waals surface area contributed by atoms with E-state index in [4.69, 9.17) is 13.9 Å². The fourth-order valence-electron chi connectivity index (χ4n) is 3.65. The Morgan fingerprint density at radius 3 is 2.57 bits per heavy atom. The average Bonchev–Trinajstić information content (AvgIpc) is 3.43. The van der Waals surface area contributed by atoms with Crippen molar-refractivity contribution in [3.63, 3.8) is 0 Å². The third kappa shape index (κ3) is 4.18. The van der Waals surface area contributed by atoms with E-state index in [-0.39, 0.29) is 5.91 Å². The van der Waals surface area contributed by atoms with Crippen molar-refractivity contribution in [3.8, 4) is 23.0 Å². The van der Waals surface area contributed by atoms with Crippen molar-refractivity contribution >= 4 is 5.91 Å². The lowest BCUT2D eigenvalue weighted by Crippen LogP contribution is -2.48. The number of aryl methyl sites for hydroxylation is 1. The molecule has 1 fully saturated rings. The predicted molar refractivity (Wildman–Crippen MR) is 112 cm³/mol. The van der Waals surface area contributed by atoms with E-state index in [1.165, 1.54) is 0 Å². The van der Waals surface area contributed by atoms with Crippen molar-refractivity contribution in [3.05, 3.63) is 53.4 Å². The van der Waals surface area contributed by atoms with E-state index < -0.39 is 0 Å². The molecule has 30 heavy (non-hydrogen) atoms. The number of H-pyrrole nitrogens is 1. The number of rotatable bonds is 6. The maximum Gasteiger partial charge on any atom is 0.274 e. The number of furan rings is 1. The normalized spacial score (nSPS) is 14.7. The second kappa shape index (κ2) is 8.62. The van der Waals surface area contributed by atoms with Crippen LogP contribution in [0.25, 0.3) is 11.5 Å². The van der Waals surface area contributed by atoms with E-state index in [0.717, 1.165) is 42.5 Å². The van der Waals surface area contributed by atoms with Crippen molar-refractivity contribution in [2.45, 2.75) is 13.5 Å². The summed E-state index contributed by atoms with van der Waals surface area (Å²) < 4.78 is 16.4. The molecular formula is C22H26N4O4. The Bertz CT molecular complexity index is 1020. The number of piperazine rings is 1. The van der Waals surface area contributed by atoms with Gasteiger partial charge in [-0.1, -0.05) is 0 Å². The number of aromatic amines is 1. The summed E-state index contributed by atoms with van der Waals surface area (Å²) in [6, 6.07) is 11.3. The van der Waals surface area contributed by atoms with Crippen molar-refractivity contribution in [2.24, 2.45) is 0 Å². The number of carbonyl (C=O) groups excluding carboxylic acids is 1. The number of nitrogens with zero attached hydrogens (tertiary/aromatic N) is 3. The maximum atomic E-state index is 12.9. The number of methoxy groups -OCH3 is 2. The van der Waals surface area contributed by atoms with Gasteiger partial charge in [0.2, 0.25) is 0 Å². The van der Waals surface area contributed by atoms with Crippen LogP contribution in [-0.4, -0.2) is 66.3 Å². The second-order valence-corrected chi connectivity index (χ2v) is 7.32. The van der Waals surface area contributed by atoms with Crippen molar-refractivity contribution in [2.75, 3.05) is 40.4 Å². The SMILES string of the molecule is COc1ccc(OC)c(CN2CCN(C(=O)c3cc(-c4ccc(C)o4)[nH]n3)CC2)c1. The summed E-state index contributed by atoms with van der Waals surface area (Å²) in [5.41, 5.74) is 2.18. The number of amides is 1. The lowest BCUT2D eigenvalue weighted by molar-refractivity contribution is 0.0621. The second-order valence-electron chi connectivity index (χ2n) is 7.32. The van der Waals surface area contributed by atoms with Crippen molar-refractivity contribution in [1.82, 2.24) is 20.0 Å². The quantitative estimate of drug-likeness (QED) is 0.673. The Labute approximate surface area is 175 Å². The zero-order valence-electron chi connectivity index (χ0n) is 17.5. The molecular weight excluding hydrogens is 384 g/mol. The van der Waals surface area contributed by atoms with Gasteiger partial charge < -0.3 is 18.8 Å². The Balaban J connectivity index is 1.37. The Hall–Kier alpha value is -3.26. The molecule has 1 saturated heterocycles. The van der Waals surface area contributed by atoms with Crippen molar-refractivity contribution < 1.29 is 18.7 Å². The molecule has 8 heteroatoms. The molecule has 1 aliphatic heterocycles. The van der Waals surface area contributed by atoms with E-state index in [0.29, 0.717) is 30.2 Å². The molecule has 0 spiro atoms. The molecule has 1 aromatic carbocycles. The molecule has 0 unspecified atom stereocenters. The maximum absolute atomic E-state index is 12.9. The van der Waals surface area contributed by atoms with Gasteiger partial charge in [0.25, 0.3) is 5.91 Å². The van der Waals surface area contributed by atoms with Gasteiger partial charge in [0.15, 0.2) is 11.5 Å². The van der Waals surface area contributed by atoms with Crippen LogP contribution in [0.2, 0.25) is 0 Å². The summed E-state index contributed by atoms with van der Waals surface area (Å²) >= 11 is 0. The van der Waals surface area contributed by atoms with E-state index in [9.17, 15) is 4.79 Å². The van der Waals surface area contributed by atoms with Crippen LogP contribution in [0.3, 0.4) is 0 Å². The lowest BCUT2D eigenvalue weighted by Gasteiger charge is -2.34. The average molecular weight is 410 g/mol. The summed E-state index contributed by atoms with van der Waals surface area (Å²) in [5.74, 6) is 3.07. The minimum absolute atomic E-state index is 0.0700. The van der Waals surface area contributed by atoms with Crippen LogP contribution in [0.5, 0.6) is 11.5 Å². The highest BCUT2D eigenvalue weighted by molar-refractivity contribution is 5.93. The number of hydrogen-bond acceptors (Lipinski definition) is 6. The van der Waals surface area contributed by atoms with Crippen LogP contribution < -0.4 is 9.47 Å². The number of aromatic nitrogens is 2. The van der Waals surface area contributed by atoms with Gasteiger partial charge in [-0.05, 0) is 37.3 Å². The fraction of sp³-hybridized carbons (Fsp3) is 0.364. The van der Waals surface area contributed by atoms with Crippen LogP contribution in [0.1, 0.15) is 21.8 Å². The number of benzene rings is 1. The van der Waals surface area contributed by atoms with Gasteiger partial charge in [-0.25, -0.2) is 0 Å². The minimum atomic E-state index is -0.0700. The van der Waals surface area contributed by atoms with Crippen LogP contribution in [0, 0.1) is 6.92 Å². The molecule has 3 aromatic rings. The van der Waals surface area contributed by atoms with Crippen LogP contribution in [0.4, 0.5) is 0 Å². The number of ether oxygens (including phenoxy) is 2. The van der Waals surface area contributed by atoms with Crippen molar-refractivity contribution in [1.29, 1.82) is 0 Å². The number of hydrogen-bond donors (Lipinski definition) is 1. The Kier molecular flexibility index (Phi) is 5.76. The minimum Gasteiger partial charge on any atom is -0.497 e. The number of nitrogens with one attached hydrogen (secondary N) is 1. The Morgan fingerprint density at radius 1 is 1.10 bits per heavy atom. The molecule has 1 amide bonds. The van der Waals surface area contributed by atoms with Gasteiger partial charge >= 0.3 is 0 Å². The third-order valence-electron chi connectivity index (χ3n) is 5.34. The molecule has 0 bridgehead atoms. The summed E-state index contributed by atoms with van der Waals surface area (Å²) in [5, 5.41) is 7.08. The fourth-order valence-corrected chi connectivity index (χ4v) is 3.65. The van der Waals surface area contributed by atoms with Gasteiger partial charge in [0.1, 0.15) is 23.0 Å². The summed E-state index contributed by atoms with van der Waals surface area (Å²) in [7, 11) is 3.33. The summed E-state index contributed by atoms with van der Waals surface area (Å²) in [6.45, 7) is 5.47. The molecule has 0 aliphatic carbocycles. The molecule has 4 rings (SSSR count). The smallest absolute Gasteiger partial charge is 0.274 e. The van der Waals surface area contributed by atoms with Gasteiger partial charge in [-0.2, -0.15) is 5.10 Å². The van der Waals surface area contributed by atoms with E-state index >= 15 is 0 Å². The molecule has 0 atom stereocenters. The molecule has 3 heterocycles. The van der Waals surface area contributed by atoms with E-state index in [2.05, 4.69) is 15.1 Å². The first-order valence-electron chi connectivity index (χ1n) is 9.92. The molecule has 1 aliphatic rings. The number of carbonyl (C=O) groups is 1. The van der Waals surface area contributed by atoms with E-state index in [1.807, 2.05) is 42.2 Å². The van der Waals surface area contributed by atoms with E-state index in [1.54, 1.807) is 20.3 Å². The first-order chi connectivity index (χ1) is 14.6. The van der Waals surface area contributed by atoms with Crippen LogP contribution in [-0.2, 0) is 6.54 Å². The van der Waals surface area contributed by atoms with Gasteiger partial charge in [0.05, 0.1) is 14.2 Å². The molecule has 8 nitrogen and oxygen atoms in total. The van der Waals surface area contributed by atoms with Gasteiger partial charge in [0, 0.05) is 44.4 Å². The highest BCUT2D eigenvalue weighted by Gasteiger charge is 2.25. The zero-order chi connectivity index (χ0) is 21.1. The molecule has 158 valence electrons. The lowest BCUT2D eigenvalue weighted by atomic mass is 10.1.